The standard InChI is InChI=1S/C9H12O2/c1-4-9(10)8-5-6(2)11-7(8)3/h5H,4H2,1-3H3. The van der Waals surface area contributed by atoms with Gasteiger partial charge in [0, 0.05) is 6.42 Å². The Morgan fingerprint density at radius 1 is 1.55 bits per heavy atom. The highest BCUT2D eigenvalue weighted by molar-refractivity contribution is 5.96. The molecule has 0 N–H and O–H groups in total. The molecule has 0 atom stereocenters. The smallest absolute Gasteiger partial charge is 0.166 e. The zero-order chi connectivity index (χ0) is 8.43. The predicted octanol–water partition coefficient (Wildman–Crippen LogP) is 2.49. The van der Waals surface area contributed by atoms with E-state index in [1.807, 2.05) is 20.8 Å². The molecule has 0 aromatic carbocycles. The summed E-state index contributed by atoms with van der Waals surface area (Å²) in [4.78, 5) is 11.2. The number of hydrogen-bond donors (Lipinski definition) is 0. The van der Waals surface area contributed by atoms with Crippen LogP contribution >= 0.6 is 0 Å². The van der Waals surface area contributed by atoms with Gasteiger partial charge in [-0.1, -0.05) is 6.92 Å². The van der Waals surface area contributed by atoms with Crippen LogP contribution in [0.3, 0.4) is 0 Å². The molecule has 1 heterocycles. The van der Waals surface area contributed by atoms with Crippen LogP contribution in [0.1, 0.15) is 35.2 Å². The molecule has 0 amide bonds. The summed E-state index contributed by atoms with van der Waals surface area (Å²) in [5.74, 6) is 1.69. The molecule has 0 radical (unpaired) electrons. The molecule has 1 aromatic rings. The van der Waals surface area contributed by atoms with Crippen LogP contribution in [0.15, 0.2) is 10.5 Å². The molecular weight excluding hydrogens is 140 g/mol. The molecule has 11 heavy (non-hydrogen) atoms. The van der Waals surface area contributed by atoms with Crippen molar-refractivity contribution in [2.75, 3.05) is 0 Å². The maximum absolute atomic E-state index is 11.2. The fraction of sp³-hybridized carbons (Fsp3) is 0.444. The van der Waals surface area contributed by atoms with E-state index in [2.05, 4.69) is 0 Å². The lowest BCUT2D eigenvalue weighted by molar-refractivity contribution is 0.0986. The molecule has 0 bridgehead atoms. The van der Waals surface area contributed by atoms with E-state index in [4.69, 9.17) is 4.42 Å². The van der Waals surface area contributed by atoms with E-state index in [9.17, 15) is 4.79 Å². The fourth-order valence-electron chi connectivity index (χ4n) is 1.10. The third-order valence-corrected chi connectivity index (χ3v) is 1.66. The van der Waals surface area contributed by atoms with Gasteiger partial charge in [0.1, 0.15) is 11.5 Å². The molecule has 1 aromatic heterocycles. The van der Waals surface area contributed by atoms with Crippen LogP contribution in [0, 0.1) is 13.8 Å². The van der Waals surface area contributed by atoms with E-state index in [0.717, 1.165) is 17.1 Å². The van der Waals surface area contributed by atoms with E-state index in [1.165, 1.54) is 0 Å². The third-order valence-electron chi connectivity index (χ3n) is 1.66. The van der Waals surface area contributed by atoms with Crippen LogP contribution in [0.25, 0.3) is 0 Å². The Hall–Kier alpha value is -1.05. The maximum atomic E-state index is 11.2. The van der Waals surface area contributed by atoms with Crippen molar-refractivity contribution in [2.24, 2.45) is 0 Å². The molecule has 0 unspecified atom stereocenters. The fourth-order valence-corrected chi connectivity index (χ4v) is 1.10. The number of furan rings is 1. The second kappa shape index (κ2) is 2.91. The summed E-state index contributed by atoms with van der Waals surface area (Å²) in [5, 5.41) is 0. The zero-order valence-electron chi connectivity index (χ0n) is 7.10. The highest BCUT2D eigenvalue weighted by Crippen LogP contribution is 2.14. The summed E-state index contributed by atoms with van der Waals surface area (Å²) in [6, 6.07) is 1.79. The first kappa shape index (κ1) is 8.05. The van der Waals surface area contributed by atoms with Crippen LogP contribution in [0.5, 0.6) is 0 Å². The molecule has 2 heteroatoms. The molecule has 0 fully saturated rings. The molecule has 0 saturated heterocycles. The molecule has 1 rings (SSSR count). The van der Waals surface area contributed by atoms with E-state index in [1.54, 1.807) is 6.07 Å². The van der Waals surface area contributed by atoms with Crippen molar-refractivity contribution in [3.8, 4) is 0 Å². The second-order valence-corrected chi connectivity index (χ2v) is 2.60. The average Bonchev–Trinajstić information content (AvgIpc) is 2.28. The number of Topliss-reactive ketones (excluding diaryl/α,β-unsaturated/α-hetero) is 1. The van der Waals surface area contributed by atoms with Gasteiger partial charge in [-0.05, 0) is 19.9 Å². The predicted molar refractivity (Wildman–Crippen MR) is 42.8 cm³/mol. The third kappa shape index (κ3) is 1.50. The van der Waals surface area contributed by atoms with Crippen molar-refractivity contribution in [1.82, 2.24) is 0 Å². The minimum atomic E-state index is 0.152. The normalized spacial score (nSPS) is 10.1. The lowest BCUT2D eigenvalue weighted by Gasteiger charge is -1.91. The van der Waals surface area contributed by atoms with E-state index in [-0.39, 0.29) is 5.78 Å². The average molecular weight is 152 g/mol. The van der Waals surface area contributed by atoms with E-state index in [0.29, 0.717) is 6.42 Å². The topological polar surface area (TPSA) is 30.2 Å². The van der Waals surface area contributed by atoms with Crippen LogP contribution in [-0.2, 0) is 0 Å². The lowest BCUT2D eigenvalue weighted by Crippen LogP contribution is -1.95. The monoisotopic (exact) mass is 152 g/mol. The van der Waals surface area contributed by atoms with Crippen molar-refractivity contribution in [3.05, 3.63) is 23.2 Å². The van der Waals surface area contributed by atoms with E-state index < -0.39 is 0 Å². The summed E-state index contributed by atoms with van der Waals surface area (Å²) in [5.41, 5.74) is 0.727. The molecule has 0 aliphatic heterocycles. The van der Waals surface area contributed by atoms with Crippen LogP contribution < -0.4 is 0 Å². The highest BCUT2D eigenvalue weighted by atomic mass is 16.3. The summed E-state index contributed by atoms with van der Waals surface area (Å²) < 4.78 is 5.22. The minimum Gasteiger partial charge on any atom is -0.466 e. The first-order valence-electron chi connectivity index (χ1n) is 3.75. The Morgan fingerprint density at radius 3 is 2.55 bits per heavy atom. The van der Waals surface area contributed by atoms with Gasteiger partial charge in [-0.25, -0.2) is 0 Å². The number of hydrogen-bond acceptors (Lipinski definition) is 2. The number of rotatable bonds is 2. The van der Waals surface area contributed by atoms with Gasteiger partial charge < -0.3 is 4.42 Å². The van der Waals surface area contributed by atoms with Crippen molar-refractivity contribution in [3.63, 3.8) is 0 Å². The van der Waals surface area contributed by atoms with E-state index >= 15 is 0 Å². The van der Waals surface area contributed by atoms with Crippen molar-refractivity contribution < 1.29 is 9.21 Å². The summed E-state index contributed by atoms with van der Waals surface area (Å²) in [7, 11) is 0. The van der Waals surface area contributed by atoms with Crippen LogP contribution in [-0.4, -0.2) is 5.78 Å². The Kier molecular flexibility index (Phi) is 2.13. The first-order valence-corrected chi connectivity index (χ1v) is 3.75. The van der Waals surface area contributed by atoms with Gasteiger partial charge in [-0.15, -0.1) is 0 Å². The minimum absolute atomic E-state index is 0.152. The maximum Gasteiger partial charge on any atom is 0.166 e. The number of aryl methyl sites for hydroxylation is 2. The summed E-state index contributed by atoms with van der Waals surface area (Å²) in [6.07, 6.45) is 0.541. The summed E-state index contributed by atoms with van der Waals surface area (Å²) in [6.45, 7) is 5.51. The molecule has 0 saturated carbocycles. The van der Waals surface area contributed by atoms with Gasteiger partial charge in [0.2, 0.25) is 0 Å². The number of ketones is 1. The Balaban J connectivity index is 3.03. The van der Waals surface area contributed by atoms with Crippen LogP contribution in [0.4, 0.5) is 0 Å². The number of carbonyl (C=O) groups is 1. The van der Waals surface area contributed by atoms with Gasteiger partial charge in [0.25, 0.3) is 0 Å². The quantitative estimate of drug-likeness (QED) is 0.609. The number of carbonyl (C=O) groups excluding carboxylic acids is 1. The highest BCUT2D eigenvalue weighted by Gasteiger charge is 2.10. The largest absolute Gasteiger partial charge is 0.466 e. The van der Waals surface area contributed by atoms with Gasteiger partial charge in [0.15, 0.2) is 5.78 Å². The Morgan fingerprint density at radius 2 is 2.18 bits per heavy atom. The molecule has 0 aliphatic rings. The molecule has 0 aliphatic carbocycles. The Bertz CT molecular complexity index is 271. The molecule has 2 nitrogen and oxygen atoms in total. The van der Waals surface area contributed by atoms with Crippen LogP contribution in [0.2, 0.25) is 0 Å². The van der Waals surface area contributed by atoms with Crippen molar-refractivity contribution in [1.29, 1.82) is 0 Å². The van der Waals surface area contributed by atoms with Crippen molar-refractivity contribution in [2.45, 2.75) is 27.2 Å². The molecule has 60 valence electrons. The second-order valence-electron chi connectivity index (χ2n) is 2.60. The van der Waals surface area contributed by atoms with Gasteiger partial charge in [-0.3, -0.25) is 4.79 Å². The van der Waals surface area contributed by atoms with Crippen molar-refractivity contribution >= 4 is 5.78 Å². The lowest BCUT2D eigenvalue weighted by atomic mass is 10.1. The SMILES string of the molecule is CCC(=O)c1cc(C)oc1C. The molecular formula is C9H12O2. The Labute approximate surface area is 66.2 Å². The van der Waals surface area contributed by atoms with Gasteiger partial charge >= 0.3 is 0 Å². The van der Waals surface area contributed by atoms with Gasteiger partial charge in [-0.2, -0.15) is 0 Å². The zero-order valence-corrected chi connectivity index (χ0v) is 7.10. The summed E-state index contributed by atoms with van der Waals surface area (Å²) >= 11 is 0. The van der Waals surface area contributed by atoms with Gasteiger partial charge in [0.05, 0.1) is 5.56 Å². The molecule has 0 spiro atoms. The first-order chi connectivity index (χ1) is 5.15.